The predicted octanol–water partition coefficient (Wildman–Crippen LogP) is 1.50. The van der Waals surface area contributed by atoms with Crippen molar-refractivity contribution in [3.05, 3.63) is 29.3 Å². The van der Waals surface area contributed by atoms with Gasteiger partial charge < -0.3 is 14.9 Å². The van der Waals surface area contributed by atoms with Crippen LogP contribution in [0, 0.1) is 12.8 Å². The Morgan fingerprint density at radius 1 is 1.26 bits per heavy atom. The maximum Gasteiger partial charge on any atom is 0.316 e. The summed E-state index contributed by atoms with van der Waals surface area (Å²) in [5, 5.41) is 9.75. The lowest BCUT2D eigenvalue weighted by atomic mass is 9.93. The highest BCUT2D eigenvalue weighted by Gasteiger charge is 2.34. The maximum atomic E-state index is 12.7. The number of aliphatic hydroxyl groups excluding tert-OH is 1. The second kappa shape index (κ2) is 6.32. The molecule has 1 N–H and O–H groups in total. The number of carbonyl (C=O) groups is 2. The monoisotopic (exact) mass is 316 g/mol. The van der Waals surface area contributed by atoms with Crippen LogP contribution in [0.3, 0.4) is 0 Å². The average molecular weight is 316 g/mol. The molecule has 124 valence electrons. The number of benzene rings is 1. The normalized spacial score (nSPS) is 22.0. The Bertz CT molecular complexity index is 627. The minimum absolute atomic E-state index is 0.0635. The van der Waals surface area contributed by atoms with Gasteiger partial charge in [0.25, 0.3) is 0 Å². The van der Waals surface area contributed by atoms with Crippen LogP contribution in [0.2, 0.25) is 0 Å². The minimum Gasteiger partial charge on any atom is -0.393 e. The summed E-state index contributed by atoms with van der Waals surface area (Å²) in [6.07, 6.45) is 2.09. The van der Waals surface area contributed by atoms with Crippen molar-refractivity contribution >= 4 is 17.5 Å². The number of fused-ring (bicyclic) bond motifs is 1. The largest absolute Gasteiger partial charge is 0.393 e. The number of hydrogen-bond acceptors (Lipinski definition) is 3. The molecule has 3 rings (SSSR count). The molecule has 1 aromatic carbocycles. The third-order valence-corrected chi connectivity index (χ3v) is 4.99. The fraction of sp³-hybridized carbons (Fsp3) is 0.556. The quantitative estimate of drug-likeness (QED) is 0.799. The molecule has 0 aliphatic carbocycles. The van der Waals surface area contributed by atoms with E-state index in [1.165, 1.54) is 0 Å². The van der Waals surface area contributed by atoms with Gasteiger partial charge in [0.2, 0.25) is 0 Å². The summed E-state index contributed by atoms with van der Waals surface area (Å²) in [6, 6.07) is 6.04. The van der Waals surface area contributed by atoms with E-state index in [0.29, 0.717) is 19.6 Å². The van der Waals surface area contributed by atoms with E-state index in [4.69, 9.17) is 0 Å². The van der Waals surface area contributed by atoms with E-state index in [2.05, 4.69) is 0 Å². The Hall–Kier alpha value is -1.88. The van der Waals surface area contributed by atoms with Crippen LogP contribution in [0.25, 0.3) is 0 Å². The number of aryl methyl sites for hydroxylation is 1. The Morgan fingerprint density at radius 3 is 2.78 bits per heavy atom. The molecule has 0 radical (unpaired) electrons. The first-order valence-electron chi connectivity index (χ1n) is 8.35. The van der Waals surface area contributed by atoms with Gasteiger partial charge in [-0.2, -0.15) is 0 Å². The van der Waals surface area contributed by atoms with Crippen LogP contribution < -0.4 is 4.90 Å². The number of likely N-dealkylation sites (tertiary alicyclic amines) is 1. The lowest BCUT2D eigenvalue weighted by Crippen LogP contribution is -2.49. The molecule has 1 saturated heterocycles. The molecular weight excluding hydrogens is 292 g/mol. The number of carbonyl (C=O) groups excluding carboxylic acids is 2. The lowest BCUT2D eigenvalue weighted by molar-refractivity contribution is -0.146. The third-order valence-electron chi connectivity index (χ3n) is 4.99. The molecule has 0 aromatic heterocycles. The van der Waals surface area contributed by atoms with Crippen molar-refractivity contribution in [1.29, 1.82) is 0 Å². The smallest absolute Gasteiger partial charge is 0.316 e. The predicted molar refractivity (Wildman–Crippen MR) is 88.2 cm³/mol. The lowest BCUT2D eigenvalue weighted by Gasteiger charge is -2.34. The Balaban J connectivity index is 1.74. The van der Waals surface area contributed by atoms with Gasteiger partial charge in [0.15, 0.2) is 0 Å². The van der Waals surface area contributed by atoms with E-state index in [1.807, 2.05) is 25.1 Å². The van der Waals surface area contributed by atoms with Crippen LogP contribution in [0.5, 0.6) is 0 Å². The summed E-state index contributed by atoms with van der Waals surface area (Å²) in [7, 11) is 0. The van der Waals surface area contributed by atoms with Crippen LogP contribution in [-0.4, -0.2) is 47.6 Å². The second-order valence-electron chi connectivity index (χ2n) is 6.73. The van der Waals surface area contributed by atoms with Crippen molar-refractivity contribution in [1.82, 2.24) is 4.90 Å². The molecule has 0 saturated carbocycles. The van der Waals surface area contributed by atoms with Crippen molar-refractivity contribution in [2.75, 3.05) is 24.5 Å². The van der Waals surface area contributed by atoms with Gasteiger partial charge in [-0.3, -0.25) is 9.59 Å². The summed E-state index contributed by atoms with van der Waals surface area (Å²) in [4.78, 5) is 28.5. The molecule has 2 atom stereocenters. The van der Waals surface area contributed by atoms with Crippen molar-refractivity contribution in [2.45, 2.75) is 39.2 Å². The van der Waals surface area contributed by atoms with Crippen LogP contribution in [0.1, 0.15) is 30.9 Å². The van der Waals surface area contributed by atoms with E-state index in [1.54, 1.807) is 16.7 Å². The van der Waals surface area contributed by atoms with Crippen LogP contribution in [0.15, 0.2) is 18.2 Å². The van der Waals surface area contributed by atoms with E-state index >= 15 is 0 Å². The number of piperidine rings is 1. The standard InChI is InChI=1S/C18H24N2O3/c1-12-5-6-14-7-9-20(16(14)10-12)18(23)17(22)19-8-3-4-15(11-19)13(2)21/h5-6,10,13,15,21H,3-4,7-9,11H2,1-2H3. The molecule has 0 spiro atoms. The van der Waals surface area contributed by atoms with E-state index in [9.17, 15) is 14.7 Å². The number of amides is 2. The highest BCUT2D eigenvalue weighted by atomic mass is 16.3. The Morgan fingerprint density at radius 2 is 2.04 bits per heavy atom. The fourth-order valence-corrected chi connectivity index (χ4v) is 3.54. The van der Waals surface area contributed by atoms with Gasteiger partial charge in [-0.05, 0) is 50.3 Å². The molecule has 2 aliphatic rings. The molecule has 1 fully saturated rings. The highest BCUT2D eigenvalue weighted by Crippen LogP contribution is 2.29. The van der Waals surface area contributed by atoms with Gasteiger partial charge in [0.05, 0.1) is 6.10 Å². The zero-order valence-electron chi connectivity index (χ0n) is 13.8. The zero-order chi connectivity index (χ0) is 16.6. The molecule has 2 amide bonds. The number of hydrogen-bond donors (Lipinski definition) is 1. The number of anilines is 1. The van der Waals surface area contributed by atoms with Crippen LogP contribution in [-0.2, 0) is 16.0 Å². The molecular formula is C18H24N2O3. The highest BCUT2D eigenvalue weighted by molar-refractivity contribution is 6.40. The van der Waals surface area contributed by atoms with E-state index in [-0.39, 0.29) is 5.92 Å². The van der Waals surface area contributed by atoms with Gasteiger partial charge in [-0.15, -0.1) is 0 Å². The van der Waals surface area contributed by atoms with Crippen molar-refractivity contribution in [3.8, 4) is 0 Å². The first-order chi connectivity index (χ1) is 11.0. The maximum absolute atomic E-state index is 12.7. The summed E-state index contributed by atoms with van der Waals surface area (Å²) >= 11 is 0. The molecule has 2 heterocycles. The number of rotatable bonds is 1. The summed E-state index contributed by atoms with van der Waals surface area (Å²) in [5.41, 5.74) is 3.08. The molecule has 23 heavy (non-hydrogen) atoms. The number of aliphatic hydroxyl groups is 1. The molecule has 0 bridgehead atoms. The molecule has 2 unspecified atom stereocenters. The summed E-state index contributed by atoms with van der Waals surface area (Å²) in [6.45, 7) is 5.37. The van der Waals surface area contributed by atoms with E-state index < -0.39 is 17.9 Å². The van der Waals surface area contributed by atoms with Gasteiger partial charge in [-0.1, -0.05) is 12.1 Å². The van der Waals surface area contributed by atoms with Crippen LogP contribution in [0.4, 0.5) is 5.69 Å². The van der Waals surface area contributed by atoms with Crippen molar-refractivity contribution in [2.24, 2.45) is 5.92 Å². The first-order valence-corrected chi connectivity index (χ1v) is 8.35. The van der Waals surface area contributed by atoms with Crippen molar-refractivity contribution < 1.29 is 14.7 Å². The molecule has 5 nitrogen and oxygen atoms in total. The van der Waals surface area contributed by atoms with Gasteiger partial charge in [0, 0.05) is 31.2 Å². The Labute approximate surface area is 136 Å². The van der Waals surface area contributed by atoms with Gasteiger partial charge in [0.1, 0.15) is 0 Å². The topological polar surface area (TPSA) is 60.9 Å². The number of nitrogens with zero attached hydrogens (tertiary/aromatic N) is 2. The van der Waals surface area contributed by atoms with Crippen molar-refractivity contribution in [3.63, 3.8) is 0 Å². The molecule has 5 heteroatoms. The molecule has 1 aromatic rings. The first kappa shape index (κ1) is 16.0. The second-order valence-corrected chi connectivity index (χ2v) is 6.73. The SMILES string of the molecule is Cc1ccc2c(c1)N(C(=O)C(=O)N1CCCC(C(C)O)C1)CC2. The van der Waals surface area contributed by atoms with Crippen LogP contribution >= 0.6 is 0 Å². The van der Waals surface area contributed by atoms with Gasteiger partial charge in [-0.25, -0.2) is 0 Å². The summed E-state index contributed by atoms with van der Waals surface area (Å²) in [5.74, 6) is -0.820. The summed E-state index contributed by atoms with van der Waals surface area (Å²) < 4.78 is 0. The minimum atomic E-state index is -0.448. The third kappa shape index (κ3) is 3.11. The fourth-order valence-electron chi connectivity index (χ4n) is 3.54. The zero-order valence-corrected chi connectivity index (χ0v) is 13.8. The molecule has 2 aliphatic heterocycles. The average Bonchev–Trinajstić information content (AvgIpc) is 2.96. The Kier molecular flexibility index (Phi) is 4.39. The van der Waals surface area contributed by atoms with E-state index in [0.717, 1.165) is 36.1 Å². The van der Waals surface area contributed by atoms with Gasteiger partial charge >= 0.3 is 11.8 Å².